The van der Waals surface area contributed by atoms with Crippen LogP contribution in [0.15, 0.2) is 90.0 Å². The molecule has 0 bridgehead atoms. The standard InChI is InChI=1S/C31H34N2O5S/c1-23-12-14-26(15-13-23)39(36,37)33-21-28(27-10-6-7-11-29(27)33)31(2,35)20-24-16-18-32(19-17-24)30(34)38-22-25-8-4-3-5-9-25/h3-15,21,24,35H,16-20,22H2,1-2H3. The molecule has 2 heterocycles. The van der Waals surface area contributed by atoms with Crippen LogP contribution in [0.5, 0.6) is 0 Å². The fourth-order valence-corrected chi connectivity index (χ4v) is 6.77. The van der Waals surface area contributed by atoms with Crippen molar-refractivity contribution in [2.24, 2.45) is 5.92 Å². The number of fused-ring (bicyclic) bond motifs is 1. The average Bonchev–Trinajstić information content (AvgIpc) is 3.35. The molecule has 0 aliphatic carbocycles. The Hall–Kier alpha value is -3.62. The molecular weight excluding hydrogens is 512 g/mol. The third-order valence-electron chi connectivity index (χ3n) is 7.60. The van der Waals surface area contributed by atoms with Crippen LogP contribution < -0.4 is 0 Å². The van der Waals surface area contributed by atoms with E-state index in [1.54, 1.807) is 54.4 Å². The summed E-state index contributed by atoms with van der Waals surface area (Å²) in [4.78, 5) is 14.5. The molecule has 0 spiro atoms. The Balaban J connectivity index is 1.30. The molecule has 4 aromatic rings. The fraction of sp³-hybridized carbons (Fsp3) is 0.323. The molecule has 5 rings (SSSR count). The van der Waals surface area contributed by atoms with E-state index < -0.39 is 15.6 Å². The number of amides is 1. The summed E-state index contributed by atoms with van der Waals surface area (Å²) < 4.78 is 33.9. The summed E-state index contributed by atoms with van der Waals surface area (Å²) in [5.41, 5.74) is 1.78. The quantitative estimate of drug-likeness (QED) is 0.315. The molecule has 1 N–H and O–H groups in total. The first-order valence-electron chi connectivity index (χ1n) is 13.3. The van der Waals surface area contributed by atoms with Gasteiger partial charge in [-0.05, 0) is 62.8 Å². The summed E-state index contributed by atoms with van der Waals surface area (Å²) >= 11 is 0. The topological polar surface area (TPSA) is 88.8 Å². The van der Waals surface area contributed by atoms with Gasteiger partial charge in [-0.2, -0.15) is 0 Å². The molecule has 7 nitrogen and oxygen atoms in total. The second kappa shape index (κ2) is 10.9. The van der Waals surface area contributed by atoms with E-state index in [9.17, 15) is 18.3 Å². The Kier molecular flexibility index (Phi) is 7.51. The number of rotatable bonds is 7. The second-order valence-electron chi connectivity index (χ2n) is 10.6. The van der Waals surface area contributed by atoms with Crippen molar-refractivity contribution in [1.82, 2.24) is 8.87 Å². The van der Waals surface area contributed by atoms with E-state index in [0.717, 1.165) is 24.0 Å². The minimum absolute atomic E-state index is 0.175. The van der Waals surface area contributed by atoms with Gasteiger partial charge in [0, 0.05) is 30.2 Å². The number of nitrogens with zero attached hydrogens (tertiary/aromatic N) is 2. The number of carbonyl (C=O) groups excluding carboxylic acids is 1. The highest BCUT2D eigenvalue weighted by Gasteiger charge is 2.34. The normalized spacial score (nSPS) is 16.2. The minimum Gasteiger partial charge on any atom is -0.445 e. The van der Waals surface area contributed by atoms with Gasteiger partial charge in [0.25, 0.3) is 10.0 Å². The number of piperidine rings is 1. The number of likely N-dealkylation sites (tertiary alicyclic amines) is 1. The smallest absolute Gasteiger partial charge is 0.410 e. The number of hydrogen-bond acceptors (Lipinski definition) is 5. The molecule has 39 heavy (non-hydrogen) atoms. The molecule has 1 amide bonds. The molecule has 3 aromatic carbocycles. The highest BCUT2D eigenvalue weighted by Crippen LogP contribution is 2.38. The predicted molar refractivity (Wildman–Crippen MR) is 151 cm³/mol. The number of hydrogen-bond donors (Lipinski definition) is 1. The molecule has 1 aliphatic rings. The highest BCUT2D eigenvalue weighted by molar-refractivity contribution is 7.90. The van der Waals surface area contributed by atoms with E-state index in [1.165, 1.54) is 3.97 Å². The molecule has 8 heteroatoms. The van der Waals surface area contributed by atoms with Gasteiger partial charge < -0.3 is 14.7 Å². The summed E-state index contributed by atoms with van der Waals surface area (Å²) in [5.74, 6) is 0.175. The molecule has 1 saturated heterocycles. The van der Waals surface area contributed by atoms with E-state index in [1.807, 2.05) is 49.4 Å². The van der Waals surface area contributed by atoms with Gasteiger partial charge in [0.05, 0.1) is 16.0 Å². The minimum atomic E-state index is -3.85. The Labute approximate surface area is 229 Å². The summed E-state index contributed by atoms with van der Waals surface area (Å²) in [5, 5.41) is 12.4. The Morgan fingerprint density at radius 3 is 2.31 bits per heavy atom. The zero-order valence-corrected chi connectivity index (χ0v) is 23.1. The van der Waals surface area contributed by atoms with Crippen LogP contribution in [0.2, 0.25) is 0 Å². The predicted octanol–water partition coefficient (Wildman–Crippen LogP) is 5.83. The van der Waals surface area contributed by atoms with E-state index in [-0.39, 0.29) is 23.5 Å². The van der Waals surface area contributed by atoms with Crippen molar-refractivity contribution in [3.8, 4) is 0 Å². The molecule has 0 radical (unpaired) electrons. The number of carbonyl (C=O) groups is 1. The van der Waals surface area contributed by atoms with E-state index in [0.29, 0.717) is 36.0 Å². The second-order valence-corrected chi connectivity index (χ2v) is 12.4. The van der Waals surface area contributed by atoms with Crippen LogP contribution in [0.4, 0.5) is 4.79 Å². The van der Waals surface area contributed by atoms with Crippen LogP contribution >= 0.6 is 0 Å². The van der Waals surface area contributed by atoms with Crippen LogP contribution in [0.1, 0.15) is 42.9 Å². The van der Waals surface area contributed by atoms with Crippen LogP contribution in [-0.4, -0.2) is 41.6 Å². The van der Waals surface area contributed by atoms with Gasteiger partial charge in [-0.15, -0.1) is 0 Å². The van der Waals surface area contributed by atoms with Crippen molar-refractivity contribution < 1.29 is 23.1 Å². The summed E-state index contributed by atoms with van der Waals surface area (Å²) in [6.45, 7) is 5.01. The van der Waals surface area contributed by atoms with Crippen molar-refractivity contribution in [3.63, 3.8) is 0 Å². The Morgan fingerprint density at radius 1 is 0.974 bits per heavy atom. The van der Waals surface area contributed by atoms with Crippen molar-refractivity contribution in [1.29, 1.82) is 0 Å². The number of aromatic nitrogens is 1. The molecule has 1 unspecified atom stereocenters. The van der Waals surface area contributed by atoms with Gasteiger partial charge in [0.1, 0.15) is 6.61 Å². The number of ether oxygens (including phenoxy) is 1. The molecular formula is C31H34N2O5S. The summed E-state index contributed by atoms with van der Waals surface area (Å²) in [6, 6.07) is 23.6. The first kappa shape index (κ1) is 27.0. The van der Waals surface area contributed by atoms with Crippen LogP contribution in [-0.2, 0) is 27.0 Å². The third-order valence-corrected chi connectivity index (χ3v) is 9.29. The number of aliphatic hydroxyl groups is 1. The molecule has 1 aromatic heterocycles. The molecule has 1 atom stereocenters. The lowest BCUT2D eigenvalue weighted by molar-refractivity contribution is 0.0172. The summed E-state index contributed by atoms with van der Waals surface area (Å²) in [7, 11) is -3.85. The largest absolute Gasteiger partial charge is 0.445 e. The molecule has 1 fully saturated rings. The van der Waals surface area contributed by atoms with E-state index in [4.69, 9.17) is 4.74 Å². The van der Waals surface area contributed by atoms with Crippen molar-refractivity contribution in [2.75, 3.05) is 13.1 Å². The fourth-order valence-electron chi connectivity index (χ4n) is 5.40. The maximum absolute atomic E-state index is 13.6. The van der Waals surface area contributed by atoms with Gasteiger partial charge in [0.2, 0.25) is 0 Å². The summed E-state index contributed by atoms with van der Waals surface area (Å²) in [6.07, 6.45) is 3.16. The van der Waals surface area contributed by atoms with E-state index >= 15 is 0 Å². The monoisotopic (exact) mass is 546 g/mol. The van der Waals surface area contributed by atoms with Gasteiger partial charge in [-0.25, -0.2) is 17.2 Å². The van der Waals surface area contributed by atoms with Crippen LogP contribution in [0, 0.1) is 12.8 Å². The number of aryl methyl sites for hydroxylation is 1. The highest BCUT2D eigenvalue weighted by atomic mass is 32.2. The van der Waals surface area contributed by atoms with Gasteiger partial charge >= 0.3 is 6.09 Å². The van der Waals surface area contributed by atoms with Gasteiger partial charge in [0.15, 0.2) is 0 Å². The van der Waals surface area contributed by atoms with Crippen LogP contribution in [0.3, 0.4) is 0 Å². The molecule has 0 saturated carbocycles. The lowest BCUT2D eigenvalue weighted by Gasteiger charge is -2.35. The first-order valence-corrected chi connectivity index (χ1v) is 14.7. The van der Waals surface area contributed by atoms with Gasteiger partial charge in [-0.1, -0.05) is 66.2 Å². The lowest BCUT2D eigenvalue weighted by Crippen LogP contribution is -2.40. The van der Waals surface area contributed by atoms with Crippen molar-refractivity contribution >= 4 is 27.0 Å². The Morgan fingerprint density at radius 2 is 1.62 bits per heavy atom. The van der Waals surface area contributed by atoms with Crippen molar-refractivity contribution in [2.45, 2.75) is 50.2 Å². The molecule has 204 valence electrons. The average molecular weight is 547 g/mol. The Bertz CT molecular complexity index is 1550. The number of benzene rings is 3. The van der Waals surface area contributed by atoms with Crippen LogP contribution in [0.25, 0.3) is 10.9 Å². The first-order chi connectivity index (χ1) is 18.6. The zero-order valence-electron chi connectivity index (χ0n) is 22.3. The van der Waals surface area contributed by atoms with Crippen molar-refractivity contribution in [3.05, 3.63) is 102 Å². The number of para-hydroxylation sites is 1. The lowest BCUT2D eigenvalue weighted by atomic mass is 9.82. The maximum Gasteiger partial charge on any atom is 0.410 e. The SMILES string of the molecule is Cc1ccc(S(=O)(=O)n2cc(C(C)(O)CC3CCN(C(=O)OCc4ccccc4)CC3)c3ccccc32)cc1. The van der Waals surface area contributed by atoms with Gasteiger partial charge in [-0.3, -0.25) is 0 Å². The molecule has 1 aliphatic heterocycles. The maximum atomic E-state index is 13.6. The zero-order chi connectivity index (χ0) is 27.6. The van der Waals surface area contributed by atoms with E-state index in [2.05, 4.69) is 0 Å². The third kappa shape index (κ3) is 5.72.